The lowest BCUT2D eigenvalue weighted by atomic mass is 10.3. The van der Waals surface area contributed by atoms with E-state index in [1.165, 1.54) is 11.3 Å². The number of aliphatic hydroxyl groups is 1. The Labute approximate surface area is 197 Å². The van der Waals surface area contributed by atoms with Gasteiger partial charge in [-0.1, -0.05) is 0 Å². The first-order valence-electron chi connectivity index (χ1n) is 11.0. The first kappa shape index (κ1) is 22.5. The fourth-order valence-electron chi connectivity index (χ4n) is 3.52. The van der Waals surface area contributed by atoms with Crippen molar-refractivity contribution in [1.29, 1.82) is 0 Å². The summed E-state index contributed by atoms with van der Waals surface area (Å²) in [4.78, 5) is 27.6. The van der Waals surface area contributed by atoms with Crippen LogP contribution in [0.25, 0.3) is 22.3 Å². The van der Waals surface area contributed by atoms with Crippen LogP contribution < -0.4 is 21.7 Å². The molecule has 0 spiro atoms. The quantitative estimate of drug-likeness (QED) is 0.171. The predicted octanol–water partition coefficient (Wildman–Crippen LogP) is 0.408. The smallest absolute Gasteiger partial charge is 0.326 e. The molecule has 12 heteroatoms. The molecule has 1 atom stereocenters. The minimum absolute atomic E-state index is 0.244. The molecule has 1 unspecified atom stereocenters. The first-order chi connectivity index (χ1) is 16.5. The highest BCUT2D eigenvalue weighted by molar-refractivity contribution is 7.15. The Hall–Kier alpha value is -3.32. The number of thiophene rings is 1. The zero-order valence-electron chi connectivity index (χ0n) is 18.5. The number of hydrogen-bond acceptors (Lipinski definition) is 9. The van der Waals surface area contributed by atoms with Crippen molar-refractivity contribution >= 4 is 23.1 Å². The Morgan fingerprint density at radius 3 is 3.00 bits per heavy atom. The van der Waals surface area contributed by atoms with Crippen LogP contribution >= 0.6 is 11.3 Å². The van der Waals surface area contributed by atoms with Crippen LogP contribution in [0.3, 0.4) is 0 Å². The number of imidazole rings is 1. The second kappa shape index (κ2) is 9.50. The Morgan fingerprint density at radius 2 is 2.26 bits per heavy atom. The third kappa shape index (κ3) is 4.80. The van der Waals surface area contributed by atoms with Crippen molar-refractivity contribution in [3.8, 4) is 16.5 Å². The third-order valence-electron chi connectivity index (χ3n) is 5.39. The second-order valence-corrected chi connectivity index (χ2v) is 9.20. The summed E-state index contributed by atoms with van der Waals surface area (Å²) in [6.45, 7) is 1.27. The van der Waals surface area contributed by atoms with Gasteiger partial charge in [0.15, 0.2) is 11.1 Å². The largest absolute Gasteiger partial charge is 0.493 e. The van der Waals surface area contributed by atoms with Crippen molar-refractivity contribution in [2.75, 3.05) is 20.3 Å². The van der Waals surface area contributed by atoms with Gasteiger partial charge >= 0.3 is 5.69 Å². The van der Waals surface area contributed by atoms with E-state index in [0.717, 1.165) is 29.0 Å². The highest BCUT2D eigenvalue weighted by Crippen LogP contribution is 2.29. The Bertz CT molecular complexity index is 1480. The number of aliphatic hydroxyl groups excluding tert-OH is 1. The first-order valence-corrected chi connectivity index (χ1v) is 11.8. The molecule has 0 aliphatic heterocycles. The van der Waals surface area contributed by atoms with Gasteiger partial charge in [-0.05, 0) is 37.5 Å². The highest BCUT2D eigenvalue weighted by atomic mass is 32.1. The number of H-pyrrole nitrogens is 2. The van der Waals surface area contributed by atoms with Crippen LogP contribution in [0.5, 0.6) is 5.88 Å². The van der Waals surface area contributed by atoms with Crippen molar-refractivity contribution in [1.82, 2.24) is 29.9 Å². The van der Waals surface area contributed by atoms with Gasteiger partial charge in [0.05, 0.1) is 22.8 Å². The predicted molar refractivity (Wildman–Crippen MR) is 126 cm³/mol. The summed E-state index contributed by atoms with van der Waals surface area (Å²) in [6.07, 6.45) is 5.35. The molecule has 4 aromatic rings. The molecule has 0 bridgehead atoms. The van der Waals surface area contributed by atoms with Crippen LogP contribution in [-0.2, 0) is 4.74 Å². The molecule has 178 valence electrons. The second-order valence-electron chi connectivity index (χ2n) is 8.09. The lowest BCUT2D eigenvalue weighted by Crippen LogP contribution is -2.22. The molecule has 5 rings (SSSR count). The van der Waals surface area contributed by atoms with Gasteiger partial charge in [0.25, 0.3) is 0 Å². The summed E-state index contributed by atoms with van der Waals surface area (Å²) in [5, 5.41) is 28.6. The van der Waals surface area contributed by atoms with Gasteiger partial charge < -0.3 is 19.9 Å². The van der Waals surface area contributed by atoms with Crippen LogP contribution in [0.1, 0.15) is 36.1 Å². The number of aromatic nitrogens is 5. The molecule has 1 aliphatic carbocycles. The zero-order valence-corrected chi connectivity index (χ0v) is 19.3. The van der Waals surface area contributed by atoms with Gasteiger partial charge in [-0.2, -0.15) is 9.61 Å². The van der Waals surface area contributed by atoms with Crippen molar-refractivity contribution in [3.05, 3.63) is 56.2 Å². The topological polar surface area (TPSA) is 153 Å². The van der Waals surface area contributed by atoms with E-state index in [0.29, 0.717) is 35.2 Å². The molecule has 11 nitrogen and oxygen atoms in total. The van der Waals surface area contributed by atoms with Gasteiger partial charge in [-0.25, -0.2) is 9.78 Å². The van der Waals surface area contributed by atoms with Crippen LogP contribution in [-0.4, -0.2) is 61.1 Å². The van der Waals surface area contributed by atoms with E-state index < -0.39 is 11.9 Å². The number of nitrogens with one attached hydrogen (secondary N) is 3. The number of ether oxygens (including phenoxy) is 1. The minimum Gasteiger partial charge on any atom is -0.493 e. The standard InChI is InChI=1S/C22H25N7O4S/c1-33-8-2-7-23-21(31)17-6-5-16(34-17)14-10-18(25-13-3-4-13)29-19(26-14)12(11-24-29)9-15-20(30)28-22(32)27-15/h5-6,9-11,13,21,23,30-31H,2-4,7-8H2,1H3,(H2,27,28,32). The van der Waals surface area contributed by atoms with Gasteiger partial charge in [0.2, 0.25) is 5.88 Å². The summed E-state index contributed by atoms with van der Waals surface area (Å²) >= 11 is 1.45. The maximum Gasteiger partial charge on any atom is 0.326 e. The van der Waals surface area contributed by atoms with Gasteiger partial charge in [0, 0.05) is 36.4 Å². The molecule has 34 heavy (non-hydrogen) atoms. The van der Waals surface area contributed by atoms with E-state index in [1.54, 1.807) is 23.9 Å². The van der Waals surface area contributed by atoms with Gasteiger partial charge in [0.1, 0.15) is 11.9 Å². The minimum atomic E-state index is -0.776. The molecule has 1 saturated carbocycles. The Kier molecular flexibility index (Phi) is 6.28. The van der Waals surface area contributed by atoms with Crippen LogP contribution in [0.4, 0.5) is 0 Å². The summed E-state index contributed by atoms with van der Waals surface area (Å²) in [5.74, 6) is -0.252. The van der Waals surface area contributed by atoms with E-state index in [1.807, 2.05) is 18.2 Å². The lowest BCUT2D eigenvalue weighted by Gasteiger charge is -2.10. The number of nitrogens with zero attached hydrogens (tertiary/aromatic N) is 4. The summed E-state index contributed by atoms with van der Waals surface area (Å²) < 4.78 is 6.70. The highest BCUT2D eigenvalue weighted by Gasteiger charge is 2.21. The summed E-state index contributed by atoms with van der Waals surface area (Å²) in [6, 6.07) is 5.97. The van der Waals surface area contributed by atoms with E-state index in [2.05, 4.69) is 20.4 Å². The van der Waals surface area contributed by atoms with E-state index in [9.17, 15) is 15.0 Å². The summed E-state index contributed by atoms with van der Waals surface area (Å²) in [7, 11) is 1.65. The monoisotopic (exact) mass is 483 g/mol. The van der Waals surface area contributed by atoms with E-state index in [-0.39, 0.29) is 17.6 Å². The molecule has 0 saturated heterocycles. The number of hydrogen-bond donors (Lipinski definition) is 5. The lowest BCUT2D eigenvalue weighted by molar-refractivity contribution is 0.134. The maximum absolute atomic E-state index is 11.5. The van der Waals surface area contributed by atoms with Crippen LogP contribution in [0, 0.1) is 0 Å². The Balaban J connectivity index is 1.54. The maximum atomic E-state index is 11.5. The number of rotatable bonds is 9. The molecular formula is C22H25N7O4S. The molecule has 4 aromatic heterocycles. The average molecular weight is 484 g/mol. The molecule has 1 aliphatic rings. The number of methoxy groups -OCH3 is 1. The third-order valence-corrected chi connectivity index (χ3v) is 6.55. The van der Waals surface area contributed by atoms with Crippen molar-refractivity contribution in [2.24, 2.45) is 4.99 Å². The number of aromatic hydroxyl groups is 1. The van der Waals surface area contributed by atoms with Crippen molar-refractivity contribution < 1.29 is 14.9 Å². The SMILES string of the molecule is COCCCNC(O)c1ccc(-c2cc(=NC3CC3)n3ncc(=Cc4[nH]c(=O)[nH]c4O)c3n2)s1. The summed E-state index contributed by atoms with van der Waals surface area (Å²) in [5.41, 5.74) is 1.68. The van der Waals surface area contributed by atoms with Gasteiger partial charge in [-0.3, -0.25) is 15.3 Å². The molecule has 1 fully saturated rings. The van der Waals surface area contributed by atoms with Crippen LogP contribution in [0.15, 0.2) is 34.2 Å². The van der Waals surface area contributed by atoms with E-state index in [4.69, 9.17) is 14.7 Å². The van der Waals surface area contributed by atoms with Crippen molar-refractivity contribution in [3.63, 3.8) is 0 Å². The Morgan fingerprint density at radius 1 is 1.41 bits per heavy atom. The molecular weight excluding hydrogens is 458 g/mol. The molecule has 0 radical (unpaired) electrons. The zero-order chi connectivity index (χ0) is 23.7. The number of fused-ring (bicyclic) bond motifs is 1. The van der Waals surface area contributed by atoms with Crippen LogP contribution in [0.2, 0.25) is 0 Å². The normalized spacial score (nSPS) is 16.1. The van der Waals surface area contributed by atoms with Crippen molar-refractivity contribution in [2.45, 2.75) is 31.5 Å². The number of aromatic amines is 2. The molecule has 5 N–H and O–H groups in total. The fraction of sp³-hybridized carbons (Fsp3) is 0.364. The van der Waals surface area contributed by atoms with Gasteiger partial charge in [-0.15, -0.1) is 11.3 Å². The fourth-order valence-corrected chi connectivity index (χ4v) is 4.45. The molecule has 0 aromatic carbocycles. The average Bonchev–Trinajstić information content (AvgIpc) is 3.19. The van der Waals surface area contributed by atoms with E-state index >= 15 is 0 Å². The molecule has 0 amide bonds. The molecule has 4 heterocycles.